The van der Waals surface area contributed by atoms with Crippen molar-refractivity contribution in [2.24, 2.45) is 5.92 Å². The number of fused-ring (bicyclic) bond motifs is 1. The molecular weight excluding hydrogens is 298 g/mol. The van der Waals surface area contributed by atoms with Crippen molar-refractivity contribution in [3.05, 3.63) is 59.0 Å². The predicted octanol–water partition coefficient (Wildman–Crippen LogP) is 4.65. The Kier molecular flexibility index (Phi) is 4.11. The summed E-state index contributed by atoms with van der Waals surface area (Å²) in [5.74, 6) is 0.626. The monoisotopic (exact) mass is 321 g/mol. The molecule has 1 saturated carbocycles. The van der Waals surface area contributed by atoms with Crippen molar-refractivity contribution in [2.75, 3.05) is 5.32 Å². The van der Waals surface area contributed by atoms with Gasteiger partial charge in [-0.3, -0.25) is 4.57 Å². The second-order valence-corrected chi connectivity index (χ2v) is 6.77. The number of rotatable bonds is 4. The number of nitrogens with zero attached hydrogens (tertiary/aromatic N) is 1. The predicted molar refractivity (Wildman–Crippen MR) is 98.9 cm³/mol. The number of benzene rings is 2. The maximum atomic E-state index is 12.4. The highest BCUT2D eigenvalue weighted by Crippen LogP contribution is 2.27. The Hall–Kier alpha value is -2.49. The van der Waals surface area contributed by atoms with Crippen LogP contribution < -0.4 is 11.0 Å². The Morgan fingerprint density at radius 3 is 2.58 bits per heavy atom. The van der Waals surface area contributed by atoms with Crippen LogP contribution in [0.5, 0.6) is 0 Å². The highest BCUT2D eigenvalue weighted by atomic mass is 16.1. The highest BCUT2D eigenvalue weighted by Gasteiger charge is 2.17. The van der Waals surface area contributed by atoms with Crippen LogP contribution in [-0.2, 0) is 6.54 Å². The van der Waals surface area contributed by atoms with Gasteiger partial charge in [-0.25, -0.2) is 4.79 Å². The number of aromatic nitrogens is 2. The maximum absolute atomic E-state index is 12.4. The van der Waals surface area contributed by atoms with Crippen molar-refractivity contribution in [2.45, 2.75) is 38.6 Å². The summed E-state index contributed by atoms with van der Waals surface area (Å²) in [6.45, 7) is 0.827. The van der Waals surface area contributed by atoms with Crippen LogP contribution in [0.2, 0.25) is 0 Å². The average Bonchev–Trinajstić information content (AvgIpc) is 2.92. The van der Waals surface area contributed by atoms with Gasteiger partial charge in [-0.2, -0.15) is 0 Å². The Morgan fingerprint density at radius 1 is 1.00 bits per heavy atom. The van der Waals surface area contributed by atoms with Gasteiger partial charge < -0.3 is 10.3 Å². The number of H-pyrrole nitrogens is 1. The molecule has 0 spiro atoms. The zero-order chi connectivity index (χ0) is 16.4. The summed E-state index contributed by atoms with van der Waals surface area (Å²) < 4.78 is 1.92. The van der Waals surface area contributed by atoms with E-state index in [0.29, 0.717) is 5.92 Å². The first kappa shape index (κ1) is 15.1. The molecule has 1 aromatic heterocycles. The summed E-state index contributed by atoms with van der Waals surface area (Å²) in [6.07, 6.45) is 6.40. The van der Waals surface area contributed by atoms with Crippen molar-refractivity contribution in [1.29, 1.82) is 0 Å². The van der Waals surface area contributed by atoms with Crippen LogP contribution in [0, 0.1) is 5.92 Å². The fourth-order valence-corrected chi connectivity index (χ4v) is 3.73. The number of nitrogens with one attached hydrogen (secondary N) is 2. The SMILES string of the molecule is O=c1[nH]c2ccc(Nc3ccccc3)cc2n1CC1CCCCC1. The first-order valence-corrected chi connectivity index (χ1v) is 8.84. The molecule has 2 aromatic carbocycles. The fraction of sp³-hybridized carbons (Fsp3) is 0.350. The largest absolute Gasteiger partial charge is 0.355 e. The minimum absolute atomic E-state index is 0.00688. The summed E-state index contributed by atoms with van der Waals surface area (Å²) in [7, 11) is 0. The van der Waals surface area contributed by atoms with E-state index in [1.807, 2.05) is 47.0 Å². The van der Waals surface area contributed by atoms with Crippen molar-refractivity contribution in [3.8, 4) is 0 Å². The molecule has 0 aliphatic heterocycles. The van der Waals surface area contributed by atoms with Gasteiger partial charge in [0.05, 0.1) is 11.0 Å². The van der Waals surface area contributed by atoms with Crippen LogP contribution >= 0.6 is 0 Å². The molecule has 0 radical (unpaired) electrons. The van der Waals surface area contributed by atoms with Crippen molar-refractivity contribution < 1.29 is 0 Å². The lowest BCUT2D eigenvalue weighted by Gasteiger charge is -2.21. The molecule has 0 amide bonds. The Morgan fingerprint density at radius 2 is 1.79 bits per heavy atom. The molecule has 4 nitrogen and oxygen atoms in total. The van der Waals surface area contributed by atoms with Gasteiger partial charge in [0.1, 0.15) is 0 Å². The summed E-state index contributed by atoms with van der Waals surface area (Å²) in [5.41, 5.74) is 3.96. The van der Waals surface area contributed by atoms with E-state index in [1.165, 1.54) is 32.1 Å². The van der Waals surface area contributed by atoms with Crippen LogP contribution in [0.3, 0.4) is 0 Å². The lowest BCUT2D eigenvalue weighted by Crippen LogP contribution is -2.23. The number of hydrogen-bond donors (Lipinski definition) is 2. The van der Waals surface area contributed by atoms with Crippen LogP contribution in [0.15, 0.2) is 53.3 Å². The highest BCUT2D eigenvalue weighted by molar-refractivity contribution is 5.80. The molecule has 24 heavy (non-hydrogen) atoms. The van der Waals surface area contributed by atoms with E-state index in [-0.39, 0.29) is 5.69 Å². The average molecular weight is 321 g/mol. The molecule has 124 valence electrons. The lowest BCUT2D eigenvalue weighted by atomic mass is 9.89. The van der Waals surface area contributed by atoms with Crippen molar-refractivity contribution in [3.63, 3.8) is 0 Å². The van der Waals surface area contributed by atoms with E-state index >= 15 is 0 Å². The van der Waals surface area contributed by atoms with E-state index in [0.717, 1.165) is 29.0 Å². The third-order valence-electron chi connectivity index (χ3n) is 5.00. The number of para-hydroxylation sites is 1. The zero-order valence-corrected chi connectivity index (χ0v) is 13.8. The first-order chi connectivity index (χ1) is 11.8. The van der Waals surface area contributed by atoms with E-state index in [1.54, 1.807) is 0 Å². The van der Waals surface area contributed by atoms with E-state index in [2.05, 4.69) is 16.4 Å². The minimum atomic E-state index is 0.00688. The van der Waals surface area contributed by atoms with Gasteiger partial charge in [-0.05, 0) is 49.1 Å². The van der Waals surface area contributed by atoms with E-state index in [9.17, 15) is 4.79 Å². The molecule has 1 heterocycles. The third kappa shape index (κ3) is 3.09. The molecule has 0 unspecified atom stereocenters. The first-order valence-electron chi connectivity index (χ1n) is 8.84. The van der Waals surface area contributed by atoms with Gasteiger partial charge in [-0.1, -0.05) is 37.5 Å². The molecule has 4 rings (SSSR count). The van der Waals surface area contributed by atoms with Crippen LogP contribution in [-0.4, -0.2) is 9.55 Å². The van der Waals surface area contributed by atoms with Crippen LogP contribution in [0.25, 0.3) is 11.0 Å². The Bertz CT molecular complexity index is 873. The molecule has 1 aliphatic carbocycles. The Labute approximate surface area is 141 Å². The van der Waals surface area contributed by atoms with Gasteiger partial charge in [0, 0.05) is 17.9 Å². The quantitative estimate of drug-likeness (QED) is 0.734. The molecule has 0 bridgehead atoms. The number of hydrogen-bond acceptors (Lipinski definition) is 2. The van der Waals surface area contributed by atoms with Gasteiger partial charge in [0.2, 0.25) is 0 Å². The topological polar surface area (TPSA) is 49.8 Å². The van der Waals surface area contributed by atoms with Gasteiger partial charge in [0.25, 0.3) is 0 Å². The molecule has 2 N–H and O–H groups in total. The van der Waals surface area contributed by atoms with Crippen molar-refractivity contribution >= 4 is 22.4 Å². The van der Waals surface area contributed by atoms with Gasteiger partial charge >= 0.3 is 5.69 Å². The summed E-state index contributed by atoms with van der Waals surface area (Å²) in [6, 6.07) is 16.2. The smallest absolute Gasteiger partial charge is 0.326 e. The summed E-state index contributed by atoms with van der Waals surface area (Å²) >= 11 is 0. The normalized spacial score (nSPS) is 15.7. The molecule has 4 heteroatoms. The Balaban J connectivity index is 1.64. The van der Waals surface area contributed by atoms with Gasteiger partial charge in [-0.15, -0.1) is 0 Å². The molecule has 1 aliphatic rings. The minimum Gasteiger partial charge on any atom is -0.355 e. The second kappa shape index (κ2) is 6.56. The van der Waals surface area contributed by atoms with E-state index < -0.39 is 0 Å². The maximum Gasteiger partial charge on any atom is 0.326 e. The molecule has 3 aromatic rings. The zero-order valence-electron chi connectivity index (χ0n) is 13.8. The van der Waals surface area contributed by atoms with Crippen LogP contribution in [0.1, 0.15) is 32.1 Å². The standard InChI is InChI=1S/C20H23N3O/c24-20-22-18-12-11-17(21-16-9-5-2-6-10-16)13-19(18)23(20)14-15-7-3-1-4-8-15/h2,5-6,9-13,15,21H,1,3-4,7-8,14H2,(H,22,24). The number of anilines is 2. The van der Waals surface area contributed by atoms with Crippen molar-refractivity contribution in [1.82, 2.24) is 9.55 Å². The molecule has 0 atom stereocenters. The fourth-order valence-electron chi connectivity index (χ4n) is 3.73. The van der Waals surface area contributed by atoms with Gasteiger partial charge in [0.15, 0.2) is 0 Å². The lowest BCUT2D eigenvalue weighted by molar-refractivity contribution is 0.319. The summed E-state index contributed by atoms with van der Waals surface area (Å²) in [4.78, 5) is 15.4. The van der Waals surface area contributed by atoms with E-state index in [4.69, 9.17) is 0 Å². The molecule has 0 saturated heterocycles. The summed E-state index contributed by atoms with van der Waals surface area (Å²) in [5, 5.41) is 3.41. The molecular formula is C20H23N3O. The molecule has 1 fully saturated rings. The second-order valence-electron chi connectivity index (χ2n) is 6.77. The third-order valence-corrected chi connectivity index (χ3v) is 5.00. The van der Waals surface area contributed by atoms with Crippen LogP contribution in [0.4, 0.5) is 11.4 Å². The number of imidazole rings is 1. The number of aromatic amines is 1.